The fourth-order valence-electron chi connectivity index (χ4n) is 1.87. The van der Waals surface area contributed by atoms with E-state index >= 15 is 0 Å². The molecule has 5 heteroatoms. The third-order valence-corrected chi connectivity index (χ3v) is 2.92. The lowest BCUT2D eigenvalue weighted by Crippen LogP contribution is -2.08. The van der Waals surface area contributed by atoms with Crippen molar-refractivity contribution in [2.45, 2.75) is 13.8 Å². The normalized spacial score (nSPS) is 10.2. The predicted octanol–water partition coefficient (Wildman–Crippen LogP) is 3.69. The lowest BCUT2D eigenvalue weighted by molar-refractivity contribution is 0.0527. The Morgan fingerprint density at radius 3 is 2.67 bits per heavy atom. The number of rotatable bonds is 4. The highest BCUT2D eigenvalue weighted by molar-refractivity contribution is 5.96. The van der Waals surface area contributed by atoms with Crippen LogP contribution in [0.4, 0.5) is 10.1 Å². The van der Waals surface area contributed by atoms with E-state index in [0.29, 0.717) is 17.1 Å². The third kappa shape index (κ3) is 3.31. The van der Waals surface area contributed by atoms with Crippen LogP contribution in [0.25, 0.3) is 0 Å². The maximum absolute atomic E-state index is 13.1. The minimum Gasteiger partial charge on any atom is -0.462 e. The molecule has 0 aliphatic carbocycles. The first-order valence-corrected chi connectivity index (χ1v) is 6.52. The van der Waals surface area contributed by atoms with E-state index in [1.165, 1.54) is 18.2 Å². The van der Waals surface area contributed by atoms with Crippen LogP contribution in [0.3, 0.4) is 0 Å². The maximum atomic E-state index is 13.1. The van der Waals surface area contributed by atoms with Gasteiger partial charge in [-0.1, -0.05) is 6.07 Å². The summed E-state index contributed by atoms with van der Waals surface area (Å²) in [7, 11) is 0. The van der Waals surface area contributed by atoms with Crippen molar-refractivity contribution >= 4 is 11.7 Å². The molecule has 0 atom stereocenters. The molecule has 0 saturated heterocycles. The molecule has 2 N–H and O–H groups in total. The summed E-state index contributed by atoms with van der Waals surface area (Å²) in [6.07, 6.45) is 0. The van der Waals surface area contributed by atoms with Gasteiger partial charge in [0, 0.05) is 0 Å². The monoisotopic (exact) mass is 289 g/mol. The molecule has 0 radical (unpaired) electrons. The number of anilines is 1. The zero-order valence-corrected chi connectivity index (χ0v) is 11.9. The standard InChI is InChI=1S/C16H16FNO3/c1-3-20-16(19)12-5-4-6-14(15(12)18)21-13-8-7-11(17)9-10(13)2/h4-9H,3,18H2,1-2H3. The van der Waals surface area contributed by atoms with Crippen LogP contribution in [0.5, 0.6) is 11.5 Å². The number of hydrogen-bond donors (Lipinski definition) is 1. The highest BCUT2D eigenvalue weighted by Gasteiger charge is 2.15. The van der Waals surface area contributed by atoms with Crippen molar-refractivity contribution in [2.75, 3.05) is 12.3 Å². The molecule has 2 aromatic rings. The van der Waals surface area contributed by atoms with Crippen LogP contribution in [0.1, 0.15) is 22.8 Å². The van der Waals surface area contributed by atoms with Crippen molar-refractivity contribution in [1.29, 1.82) is 0 Å². The Labute approximate surface area is 122 Å². The van der Waals surface area contributed by atoms with Crippen LogP contribution in [-0.2, 0) is 4.74 Å². The molecule has 0 fully saturated rings. The van der Waals surface area contributed by atoms with E-state index in [1.807, 2.05) is 0 Å². The molecule has 4 nitrogen and oxygen atoms in total. The fourth-order valence-corrected chi connectivity index (χ4v) is 1.87. The molecular formula is C16H16FNO3. The summed E-state index contributed by atoms with van der Waals surface area (Å²) in [5.41, 5.74) is 7.02. The minimum atomic E-state index is -0.503. The summed E-state index contributed by atoms with van der Waals surface area (Å²) >= 11 is 0. The van der Waals surface area contributed by atoms with Crippen LogP contribution in [0.15, 0.2) is 36.4 Å². The molecule has 0 amide bonds. The first kappa shape index (κ1) is 14.8. The summed E-state index contributed by atoms with van der Waals surface area (Å²) in [5, 5.41) is 0. The summed E-state index contributed by atoms with van der Waals surface area (Å²) < 4.78 is 23.7. The molecule has 0 aliphatic heterocycles. The number of benzene rings is 2. The van der Waals surface area contributed by atoms with Gasteiger partial charge < -0.3 is 15.2 Å². The van der Waals surface area contributed by atoms with Gasteiger partial charge in [-0.3, -0.25) is 0 Å². The smallest absolute Gasteiger partial charge is 0.340 e. The molecular weight excluding hydrogens is 273 g/mol. The summed E-state index contributed by atoms with van der Waals surface area (Å²) in [5.74, 6) is -0.0382. The summed E-state index contributed by atoms with van der Waals surface area (Å²) in [6.45, 7) is 3.71. The number of carbonyl (C=O) groups is 1. The number of nitrogens with two attached hydrogens (primary N) is 1. The van der Waals surface area contributed by atoms with E-state index in [1.54, 1.807) is 32.0 Å². The zero-order chi connectivity index (χ0) is 15.4. The Hall–Kier alpha value is -2.56. The Morgan fingerprint density at radius 2 is 2.00 bits per heavy atom. The zero-order valence-electron chi connectivity index (χ0n) is 11.9. The Bertz CT molecular complexity index is 671. The number of ether oxygens (including phenoxy) is 2. The molecule has 0 bridgehead atoms. The van der Waals surface area contributed by atoms with Crippen molar-refractivity contribution < 1.29 is 18.7 Å². The van der Waals surface area contributed by atoms with Crippen LogP contribution < -0.4 is 10.5 Å². The van der Waals surface area contributed by atoms with E-state index < -0.39 is 5.97 Å². The molecule has 0 aromatic heterocycles. The van der Waals surface area contributed by atoms with Gasteiger partial charge in [0.05, 0.1) is 17.9 Å². The van der Waals surface area contributed by atoms with Gasteiger partial charge in [0.2, 0.25) is 0 Å². The lowest BCUT2D eigenvalue weighted by atomic mass is 10.1. The molecule has 0 spiro atoms. The molecule has 2 aromatic carbocycles. The van der Waals surface area contributed by atoms with Gasteiger partial charge >= 0.3 is 5.97 Å². The van der Waals surface area contributed by atoms with Crippen molar-refractivity contribution in [3.05, 3.63) is 53.3 Å². The van der Waals surface area contributed by atoms with E-state index in [9.17, 15) is 9.18 Å². The largest absolute Gasteiger partial charge is 0.462 e. The molecule has 0 aliphatic rings. The van der Waals surface area contributed by atoms with Crippen LogP contribution >= 0.6 is 0 Å². The molecule has 0 saturated carbocycles. The van der Waals surface area contributed by atoms with Gasteiger partial charge in [-0.15, -0.1) is 0 Å². The molecule has 21 heavy (non-hydrogen) atoms. The number of esters is 1. The van der Waals surface area contributed by atoms with Gasteiger partial charge in [-0.05, 0) is 49.7 Å². The highest BCUT2D eigenvalue weighted by atomic mass is 19.1. The van der Waals surface area contributed by atoms with E-state index in [-0.39, 0.29) is 23.7 Å². The number of hydrogen-bond acceptors (Lipinski definition) is 4. The number of para-hydroxylation sites is 1. The van der Waals surface area contributed by atoms with E-state index in [4.69, 9.17) is 15.2 Å². The Balaban J connectivity index is 2.32. The molecule has 0 heterocycles. The quantitative estimate of drug-likeness (QED) is 0.689. The first-order chi connectivity index (χ1) is 10.0. The van der Waals surface area contributed by atoms with Gasteiger partial charge in [0.15, 0.2) is 5.75 Å². The average molecular weight is 289 g/mol. The summed E-state index contributed by atoms with van der Waals surface area (Å²) in [6, 6.07) is 9.03. The number of aryl methyl sites for hydroxylation is 1. The lowest BCUT2D eigenvalue weighted by Gasteiger charge is -2.13. The van der Waals surface area contributed by atoms with Crippen LogP contribution in [0.2, 0.25) is 0 Å². The van der Waals surface area contributed by atoms with Crippen molar-refractivity contribution in [2.24, 2.45) is 0 Å². The SMILES string of the molecule is CCOC(=O)c1cccc(Oc2ccc(F)cc2C)c1N. The number of carbonyl (C=O) groups excluding carboxylic acids is 1. The van der Waals surface area contributed by atoms with Crippen molar-refractivity contribution in [1.82, 2.24) is 0 Å². The minimum absolute atomic E-state index is 0.194. The van der Waals surface area contributed by atoms with Gasteiger partial charge in [-0.2, -0.15) is 0 Å². The maximum Gasteiger partial charge on any atom is 0.340 e. The number of nitrogen functional groups attached to an aromatic ring is 1. The second-order valence-electron chi connectivity index (χ2n) is 4.45. The topological polar surface area (TPSA) is 61.5 Å². The second kappa shape index (κ2) is 6.26. The van der Waals surface area contributed by atoms with Crippen LogP contribution in [0, 0.1) is 12.7 Å². The second-order valence-corrected chi connectivity index (χ2v) is 4.45. The fraction of sp³-hybridized carbons (Fsp3) is 0.188. The Kier molecular flexibility index (Phi) is 4.42. The third-order valence-electron chi connectivity index (χ3n) is 2.92. The number of halogens is 1. The molecule has 0 unspecified atom stereocenters. The molecule has 110 valence electrons. The van der Waals surface area contributed by atoms with E-state index in [0.717, 1.165) is 0 Å². The van der Waals surface area contributed by atoms with Crippen molar-refractivity contribution in [3.63, 3.8) is 0 Å². The first-order valence-electron chi connectivity index (χ1n) is 6.52. The van der Waals surface area contributed by atoms with Crippen LogP contribution in [-0.4, -0.2) is 12.6 Å². The van der Waals surface area contributed by atoms with Crippen molar-refractivity contribution in [3.8, 4) is 11.5 Å². The average Bonchev–Trinajstić information content (AvgIpc) is 2.44. The van der Waals surface area contributed by atoms with Gasteiger partial charge in [0.25, 0.3) is 0 Å². The summed E-state index contributed by atoms with van der Waals surface area (Å²) in [4.78, 5) is 11.8. The highest BCUT2D eigenvalue weighted by Crippen LogP contribution is 2.32. The Morgan fingerprint density at radius 1 is 1.24 bits per heavy atom. The van der Waals surface area contributed by atoms with Gasteiger partial charge in [0.1, 0.15) is 11.6 Å². The molecule has 2 rings (SSSR count). The predicted molar refractivity (Wildman–Crippen MR) is 78.0 cm³/mol. The van der Waals surface area contributed by atoms with E-state index in [2.05, 4.69) is 0 Å². The van der Waals surface area contributed by atoms with Gasteiger partial charge in [-0.25, -0.2) is 9.18 Å².